The highest BCUT2D eigenvalue weighted by atomic mass is 19.4. The van der Waals surface area contributed by atoms with E-state index < -0.39 is 11.7 Å². The quantitative estimate of drug-likeness (QED) is 0.785. The Morgan fingerprint density at radius 2 is 1.63 bits per heavy atom. The molecule has 1 aliphatic rings. The fourth-order valence-electron chi connectivity index (χ4n) is 1.78. The van der Waals surface area contributed by atoms with E-state index in [4.69, 9.17) is 0 Å². The minimum Gasteiger partial charge on any atom is -0.354 e. The van der Waals surface area contributed by atoms with Crippen molar-refractivity contribution in [3.8, 4) is 0 Å². The number of alkyl halides is 3. The molecule has 6 heteroatoms. The molecule has 2 heterocycles. The molecule has 0 aliphatic carbocycles. The second-order valence-corrected chi connectivity index (χ2v) is 4.19. The fourth-order valence-corrected chi connectivity index (χ4v) is 1.78. The average molecular weight is 275 g/mol. The van der Waals surface area contributed by atoms with Gasteiger partial charge in [-0.25, -0.2) is 4.98 Å². The molecule has 0 amide bonds. The largest absolute Gasteiger partial charge is 0.417 e. The summed E-state index contributed by atoms with van der Waals surface area (Å²) < 4.78 is 37.1. The number of nitrogens with zero attached hydrogens (tertiary/aromatic N) is 3. The molecule has 0 bridgehead atoms. The van der Waals surface area contributed by atoms with Crippen molar-refractivity contribution >= 4 is 5.82 Å². The van der Waals surface area contributed by atoms with E-state index in [1.807, 2.05) is 25.8 Å². The second kappa shape index (κ2) is 6.75. The summed E-state index contributed by atoms with van der Waals surface area (Å²) >= 11 is 0. The number of halogens is 3. The normalized spacial score (nSPS) is 16.8. The number of rotatable bonds is 1. The van der Waals surface area contributed by atoms with Gasteiger partial charge >= 0.3 is 6.18 Å². The van der Waals surface area contributed by atoms with Crippen molar-refractivity contribution in [1.29, 1.82) is 0 Å². The van der Waals surface area contributed by atoms with Crippen LogP contribution in [0.3, 0.4) is 0 Å². The van der Waals surface area contributed by atoms with Crippen LogP contribution in [-0.4, -0.2) is 43.1 Å². The monoisotopic (exact) mass is 275 g/mol. The van der Waals surface area contributed by atoms with Crippen LogP contribution in [0.2, 0.25) is 0 Å². The summed E-state index contributed by atoms with van der Waals surface area (Å²) in [7, 11) is 2.03. The smallest absolute Gasteiger partial charge is 0.354 e. The third-order valence-corrected chi connectivity index (χ3v) is 2.90. The summed E-state index contributed by atoms with van der Waals surface area (Å²) in [6, 6.07) is 2.52. The Morgan fingerprint density at radius 1 is 1.05 bits per heavy atom. The maximum absolute atomic E-state index is 12.4. The number of anilines is 1. The highest BCUT2D eigenvalue weighted by Crippen LogP contribution is 2.29. The Morgan fingerprint density at radius 3 is 2.05 bits per heavy atom. The van der Waals surface area contributed by atoms with Crippen molar-refractivity contribution in [3.05, 3.63) is 23.9 Å². The zero-order chi connectivity index (χ0) is 14.5. The van der Waals surface area contributed by atoms with Crippen LogP contribution in [0.25, 0.3) is 0 Å². The highest BCUT2D eigenvalue weighted by molar-refractivity contribution is 5.40. The number of likely N-dealkylation sites (N-methyl/N-ethyl adjacent to an activating group) is 1. The molecule has 0 atom stereocenters. The lowest BCUT2D eigenvalue weighted by Gasteiger charge is -2.33. The summed E-state index contributed by atoms with van der Waals surface area (Å²) in [5.41, 5.74) is -0.699. The van der Waals surface area contributed by atoms with Crippen molar-refractivity contribution in [2.75, 3.05) is 38.1 Å². The van der Waals surface area contributed by atoms with E-state index in [9.17, 15) is 13.2 Å². The van der Waals surface area contributed by atoms with Gasteiger partial charge in [-0.05, 0) is 19.2 Å². The van der Waals surface area contributed by atoms with Crippen molar-refractivity contribution in [3.63, 3.8) is 0 Å². The maximum Gasteiger partial charge on any atom is 0.417 e. The molecule has 1 fully saturated rings. The average Bonchev–Trinajstić information content (AvgIpc) is 2.41. The summed E-state index contributed by atoms with van der Waals surface area (Å²) in [5, 5.41) is 0. The summed E-state index contributed by atoms with van der Waals surface area (Å²) in [4.78, 5) is 8.06. The number of hydrogen-bond donors (Lipinski definition) is 0. The molecular weight excluding hydrogens is 255 g/mol. The van der Waals surface area contributed by atoms with Crippen LogP contribution in [0.4, 0.5) is 19.0 Å². The van der Waals surface area contributed by atoms with Crippen molar-refractivity contribution in [1.82, 2.24) is 9.88 Å². The van der Waals surface area contributed by atoms with E-state index >= 15 is 0 Å². The molecule has 0 unspecified atom stereocenters. The lowest BCUT2D eigenvalue weighted by Crippen LogP contribution is -2.44. The zero-order valence-corrected chi connectivity index (χ0v) is 11.5. The SMILES string of the molecule is CC.CN1CCN(c2ccc(C(F)(F)F)cn2)CC1. The molecule has 0 N–H and O–H groups in total. The van der Waals surface area contributed by atoms with Gasteiger partial charge in [-0.3, -0.25) is 0 Å². The van der Waals surface area contributed by atoms with Gasteiger partial charge in [-0.2, -0.15) is 13.2 Å². The molecule has 108 valence electrons. The molecule has 0 aromatic carbocycles. The van der Waals surface area contributed by atoms with Crippen molar-refractivity contribution in [2.45, 2.75) is 20.0 Å². The predicted molar refractivity (Wildman–Crippen MR) is 70.3 cm³/mol. The topological polar surface area (TPSA) is 19.4 Å². The first kappa shape index (κ1) is 15.8. The molecule has 3 nitrogen and oxygen atoms in total. The van der Waals surface area contributed by atoms with Crippen molar-refractivity contribution in [2.24, 2.45) is 0 Å². The van der Waals surface area contributed by atoms with E-state index in [-0.39, 0.29) is 0 Å². The summed E-state index contributed by atoms with van der Waals surface area (Å²) in [6.45, 7) is 7.41. The lowest BCUT2D eigenvalue weighted by molar-refractivity contribution is -0.137. The highest BCUT2D eigenvalue weighted by Gasteiger charge is 2.30. The van der Waals surface area contributed by atoms with Crippen LogP contribution >= 0.6 is 0 Å². The van der Waals surface area contributed by atoms with Gasteiger partial charge in [0.05, 0.1) is 5.56 Å². The third-order valence-electron chi connectivity index (χ3n) is 2.90. The Bertz CT molecular complexity index is 368. The molecule has 1 aromatic rings. The first-order chi connectivity index (χ1) is 8.97. The van der Waals surface area contributed by atoms with Crippen LogP contribution in [0.5, 0.6) is 0 Å². The van der Waals surface area contributed by atoms with Gasteiger partial charge in [0.15, 0.2) is 0 Å². The van der Waals surface area contributed by atoms with Crippen LogP contribution < -0.4 is 4.90 Å². The van der Waals surface area contributed by atoms with Gasteiger partial charge in [-0.15, -0.1) is 0 Å². The Balaban J connectivity index is 0.000000861. The minimum absolute atomic E-state index is 0.617. The molecule has 0 radical (unpaired) electrons. The van der Waals surface area contributed by atoms with Gasteiger partial charge in [0, 0.05) is 32.4 Å². The van der Waals surface area contributed by atoms with E-state index in [1.54, 1.807) is 0 Å². The molecule has 1 aromatic heterocycles. The summed E-state index contributed by atoms with van der Waals surface area (Å²) in [5.74, 6) is 0.617. The number of piperazine rings is 1. The Kier molecular flexibility index (Phi) is 5.60. The number of pyridine rings is 1. The van der Waals surface area contributed by atoms with Gasteiger partial charge in [0.25, 0.3) is 0 Å². The predicted octanol–water partition coefficient (Wildman–Crippen LogP) is 2.88. The fraction of sp³-hybridized carbons (Fsp3) is 0.615. The van der Waals surface area contributed by atoms with Crippen molar-refractivity contribution < 1.29 is 13.2 Å². The van der Waals surface area contributed by atoms with Gasteiger partial charge in [-0.1, -0.05) is 13.8 Å². The molecule has 0 saturated carbocycles. The molecule has 1 saturated heterocycles. The van der Waals surface area contributed by atoms with Gasteiger partial charge < -0.3 is 9.80 Å². The standard InChI is InChI=1S/C11H14F3N3.C2H6/c1-16-4-6-17(7-5-16)10-3-2-9(8-15-10)11(12,13)14;1-2/h2-3,8H,4-7H2,1H3;1-2H3. The molecule has 0 spiro atoms. The van der Waals surface area contributed by atoms with Crippen LogP contribution in [-0.2, 0) is 6.18 Å². The van der Waals surface area contributed by atoms with Crippen LogP contribution in [0.1, 0.15) is 19.4 Å². The zero-order valence-electron chi connectivity index (χ0n) is 11.5. The summed E-state index contributed by atoms with van der Waals surface area (Å²) in [6.07, 6.45) is -3.42. The van der Waals surface area contributed by atoms with E-state index in [1.165, 1.54) is 6.07 Å². The van der Waals surface area contributed by atoms with Crippen LogP contribution in [0, 0.1) is 0 Å². The third kappa shape index (κ3) is 4.38. The maximum atomic E-state index is 12.4. The number of hydrogen-bond acceptors (Lipinski definition) is 3. The minimum atomic E-state index is -4.31. The molecule has 2 rings (SSSR count). The Labute approximate surface area is 112 Å². The molecule has 1 aliphatic heterocycles. The van der Waals surface area contributed by atoms with E-state index in [0.717, 1.165) is 38.4 Å². The first-order valence-electron chi connectivity index (χ1n) is 6.43. The van der Waals surface area contributed by atoms with E-state index in [0.29, 0.717) is 5.82 Å². The van der Waals surface area contributed by atoms with Gasteiger partial charge in [0.2, 0.25) is 0 Å². The van der Waals surface area contributed by atoms with Crippen LogP contribution in [0.15, 0.2) is 18.3 Å². The number of aromatic nitrogens is 1. The van der Waals surface area contributed by atoms with E-state index in [2.05, 4.69) is 9.88 Å². The molecular formula is C13H20F3N3. The van der Waals surface area contributed by atoms with Gasteiger partial charge in [0.1, 0.15) is 5.82 Å². The Hall–Kier alpha value is -1.30. The molecule has 19 heavy (non-hydrogen) atoms. The lowest BCUT2D eigenvalue weighted by atomic mass is 10.2. The first-order valence-corrected chi connectivity index (χ1v) is 6.43. The second-order valence-electron chi connectivity index (χ2n) is 4.19.